The highest BCUT2D eigenvalue weighted by Gasteiger charge is 2.18. The number of H-pyrrole nitrogens is 1. The molecule has 3 aromatic heterocycles. The Balaban J connectivity index is 1.65. The van der Waals surface area contributed by atoms with Crippen molar-refractivity contribution >= 4 is 22.7 Å². The van der Waals surface area contributed by atoms with E-state index in [0.717, 1.165) is 5.16 Å². The van der Waals surface area contributed by atoms with Crippen LogP contribution in [0, 0.1) is 0 Å². The summed E-state index contributed by atoms with van der Waals surface area (Å²) in [5.41, 5.74) is 0.547. The van der Waals surface area contributed by atoms with Crippen molar-refractivity contribution in [2.45, 2.75) is 17.3 Å². The lowest BCUT2D eigenvalue weighted by molar-refractivity contribution is 0.572. The average molecular weight is 353 g/mol. The highest BCUT2D eigenvalue weighted by molar-refractivity contribution is 7.99. The van der Waals surface area contributed by atoms with E-state index in [1.54, 1.807) is 12.3 Å². The van der Waals surface area contributed by atoms with Crippen LogP contribution < -0.4 is 5.56 Å². The van der Waals surface area contributed by atoms with Crippen LogP contribution in [0.5, 0.6) is 0 Å². The molecule has 1 unspecified atom stereocenters. The number of thioether (sulfide) groups is 1. The molecule has 1 N–H and O–H groups in total. The molecule has 7 nitrogen and oxygen atoms in total. The molecule has 0 aliphatic carbocycles. The van der Waals surface area contributed by atoms with Gasteiger partial charge in [0, 0.05) is 7.05 Å². The maximum Gasteiger partial charge on any atom is 0.258 e. The molecule has 0 saturated carbocycles. The Hall–Kier alpha value is -2.87. The number of aromatic amines is 1. The number of benzene rings is 1. The van der Waals surface area contributed by atoms with Crippen LogP contribution in [0.1, 0.15) is 18.0 Å². The van der Waals surface area contributed by atoms with Crippen LogP contribution in [0.2, 0.25) is 0 Å². The van der Waals surface area contributed by atoms with Crippen LogP contribution in [0.15, 0.2) is 57.0 Å². The first kappa shape index (κ1) is 15.6. The normalized spacial score (nSPS) is 12.6. The SMILES string of the molecule is CC(Sc1nnc(-c2ccco2)n1C)c1nc2ccccc2c(=O)[nH]1. The fraction of sp³-hybridized carbons (Fsp3) is 0.176. The molecule has 8 heteroatoms. The molecule has 4 aromatic rings. The van der Waals surface area contributed by atoms with Crippen molar-refractivity contribution in [3.63, 3.8) is 0 Å². The molecule has 25 heavy (non-hydrogen) atoms. The second-order valence-corrected chi connectivity index (χ2v) is 6.88. The summed E-state index contributed by atoms with van der Waals surface area (Å²) in [7, 11) is 1.88. The monoisotopic (exact) mass is 353 g/mol. The van der Waals surface area contributed by atoms with Crippen LogP contribution in [-0.4, -0.2) is 24.7 Å². The first-order valence-electron chi connectivity index (χ1n) is 7.72. The van der Waals surface area contributed by atoms with Gasteiger partial charge in [0.25, 0.3) is 5.56 Å². The van der Waals surface area contributed by atoms with E-state index in [2.05, 4.69) is 20.2 Å². The van der Waals surface area contributed by atoms with Gasteiger partial charge in [-0.1, -0.05) is 23.9 Å². The summed E-state index contributed by atoms with van der Waals surface area (Å²) in [6.45, 7) is 1.97. The van der Waals surface area contributed by atoms with Crippen molar-refractivity contribution in [1.29, 1.82) is 0 Å². The third kappa shape index (κ3) is 2.85. The third-order valence-corrected chi connectivity index (χ3v) is 5.02. The van der Waals surface area contributed by atoms with Gasteiger partial charge in [-0.2, -0.15) is 0 Å². The quantitative estimate of drug-likeness (QED) is 0.567. The highest BCUT2D eigenvalue weighted by Crippen LogP contribution is 2.33. The van der Waals surface area contributed by atoms with Gasteiger partial charge < -0.3 is 14.0 Å². The Labute approximate surface area is 147 Å². The summed E-state index contributed by atoms with van der Waals surface area (Å²) in [6, 6.07) is 10.9. The molecule has 0 spiro atoms. The fourth-order valence-electron chi connectivity index (χ4n) is 2.55. The lowest BCUT2D eigenvalue weighted by Gasteiger charge is -2.10. The molecule has 3 heterocycles. The van der Waals surface area contributed by atoms with Crippen LogP contribution in [-0.2, 0) is 7.05 Å². The van der Waals surface area contributed by atoms with Crippen LogP contribution in [0.3, 0.4) is 0 Å². The lowest BCUT2D eigenvalue weighted by Crippen LogP contribution is -2.13. The molecule has 0 aliphatic heterocycles. The number of aromatic nitrogens is 5. The van der Waals surface area contributed by atoms with E-state index in [0.29, 0.717) is 28.3 Å². The molecule has 1 aromatic carbocycles. The Kier molecular flexibility index (Phi) is 3.89. The van der Waals surface area contributed by atoms with E-state index in [4.69, 9.17) is 4.42 Å². The maximum absolute atomic E-state index is 12.2. The Morgan fingerprint density at radius 1 is 1.20 bits per heavy atom. The van der Waals surface area contributed by atoms with Gasteiger partial charge >= 0.3 is 0 Å². The molecule has 126 valence electrons. The van der Waals surface area contributed by atoms with Crippen LogP contribution in [0.4, 0.5) is 0 Å². The van der Waals surface area contributed by atoms with E-state index in [1.165, 1.54) is 11.8 Å². The van der Waals surface area contributed by atoms with Gasteiger partial charge in [-0.15, -0.1) is 10.2 Å². The summed E-state index contributed by atoms with van der Waals surface area (Å²) in [6.07, 6.45) is 1.60. The van der Waals surface area contributed by atoms with Crippen LogP contribution >= 0.6 is 11.8 Å². The van der Waals surface area contributed by atoms with Crippen molar-refractivity contribution in [3.05, 3.63) is 58.8 Å². The Morgan fingerprint density at radius 2 is 2.04 bits per heavy atom. The number of nitrogens with one attached hydrogen (secondary N) is 1. The number of fused-ring (bicyclic) bond motifs is 1. The number of rotatable bonds is 4. The molecule has 4 rings (SSSR count). The zero-order chi connectivity index (χ0) is 17.4. The zero-order valence-corrected chi connectivity index (χ0v) is 14.4. The van der Waals surface area contributed by atoms with Crippen molar-refractivity contribution in [3.8, 4) is 11.6 Å². The molecule has 0 aliphatic rings. The van der Waals surface area contributed by atoms with E-state index >= 15 is 0 Å². The van der Waals surface area contributed by atoms with Gasteiger partial charge in [0.1, 0.15) is 5.82 Å². The summed E-state index contributed by atoms with van der Waals surface area (Å²) in [4.78, 5) is 19.7. The molecule has 1 atom stereocenters. The molecule has 0 bridgehead atoms. The Bertz CT molecular complexity index is 1080. The third-order valence-electron chi connectivity index (χ3n) is 3.87. The summed E-state index contributed by atoms with van der Waals surface area (Å²) < 4.78 is 7.24. The van der Waals surface area contributed by atoms with Gasteiger partial charge in [-0.3, -0.25) is 4.79 Å². The van der Waals surface area contributed by atoms with Gasteiger partial charge in [-0.05, 0) is 31.2 Å². The smallest absolute Gasteiger partial charge is 0.258 e. The fourth-order valence-corrected chi connectivity index (χ4v) is 3.42. The van der Waals surface area contributed by atoms with Crippen molar-refractivity contribution < 1.29 is 4.42 Å². The average Bonchev–Trinajstić information content (AvgIpc) is 3.25. The van der Waals surface area contributed by atoms with Gasteiger partial charge in [-0.25, -0.2) is 4.98 Å². The summed E-state index contributed by atoms with van der Waals surface area (Å²) in [5, 5.41) is 9.61. The van der Waals surface area contributed by atoms with Crippen LogP contribution in [0.25, 0.3) is 22.5 Å². The predicted octanol–water partition coefficient (Wildman–Crippen LogP) is 3.16. The lowest BCUT2D eigenvalue weighted by atomic mass is 10.2. The minimum Gasteiger partial charge on any atom is -0.461 e. The van der Waals surface area contributed by atoms with Crippen molar-refractivity contribution in [2.24, 2.45) is 7.05 Å². The topological polar surface area (TPSA) is 89.6 Å². The molecule has 0 saturated heterocycles. The number of para-hydroxylation sites is 1. The van der Waals surface area contributed by atoms with Gasteiger partial charge in [0.2, 0.25) is 0 Å². The van der Waals surface area contributed by atoms with Gasteiger partial charge in [0.15, 0.2) is 16.7 Å². The van der Waals surface area contributed by atoms with Gasteiger partial charge in [0.05, 0.1) is 22.4 Å². The second kappa shape index (κ2) is 6.21. The van der Waals surface area contributed by atoms with Crippen molar-refractivity contribution in [1.82, 2.24) is 24.7 Å². The standard InChI is InChI=1S/C17H15N5O2S/c1-10(14-18-12-7-4-3-6-11(12)16(23)19-14)25-17-21-20-15(22(17)2)13-8-5-9-24-13/h3-10H,1-2H3,(H,18,19,23). The number of furan rings is 1. The first-order chi connectivity index (χ1) is 12.1. The molecule has 0 fully saturated rings. The minimum atomic E-state index is -0.137. The van der Waals surface area contributed by atoms with E-state index < -0.39 is 0 Å². The van der Waals surface area contributed by atoms with E-state index in [1.807, 2.05) is 48.9 Å². The molecule has 0 amide bonds. The Morgan fingerprint density at radius 3 is 2.84 bits per heavy atom. The number of hydrogen-bond donors (Lipinski definition) is 1. The largest absolute Gasteiger partial charge is 0.461 e. The summed E-state index contributed by atoms with van der Waals surface area (Å²) >= 11 is 1.47. The summed E-state index contributed by atoms with van der Waals surface area (Å²) in [5.74, 6) is 1.92. The highest BCUT2D eigenvalue weighted by atomic mass is 32.2. The predicted molar refractivity (Wildman–Crippen MR) is 95.3 cm³/mol. The van der Waals surface area contributed by atoms with E-state index in [-0.39, 0.29) is 10.8 Å². The number of hydrogen-bond acceptors (Lipinski definition) is 6. The number of nitrogens with zero attached hydrogens (tertiary/aromatic N) is 4. The first-order valence-corrected chi connectivity index (χ1v) is 8.60. The van der Waals surface area contributed by atoms with E-state index in [9.17, 15) is 4.79 Å². The second-order valence-electron chi connectivity index (χ2n) is 5.57. The molecular weight excluding hydrogens is 338 g/mol. The molecular formula is C17H15N5O2S. The van der Waals surface area contributed by atoms with Crippen molar-refractivity contribution in [2.75, 3.05) is 0 Å². The molecule has 0 radical (unpaired) electrons. The minimum absolute atomic E-state index is 0.0929. The maximum atomic E-state index is 12.2. The zero-order valence-electron chi connectivity index (χ0n) is 13.6.